The minimum absolute atomic E-state index is 0.0341. The predicted octanol–water partition coefficient (Wildman–Crippen LogP) is 0.715. The van der Waals surface area contributed by atoms with Crippen LogP contribution in [0.25, 0.3) is 0 Å². The first kappa shape index (κ1) is 39.0. The van der Waals surface area contributed by atoms with Crippen LogP contribution in [0, 0.1) is 0 Å². The topological polar surface area (TPSA) is 131 Å². The minimum Gasteiger partial charge on any atom is -0.379 e. The van der Waals surface area contributed by atoms with E-state index in [4.69, 9.17) is 52.1 Å². The summed E-state index contributed by atoms with van der Waals surface area (Å²) in [5.41, 5.74) is 0. The monoisotopic (exact) mass is 585 g/mol. The lowest BCUT2D eigenvalue weighted by Gasteiger charge is -2.09. The number of hydrogen-bond acceptors (Lipinski definition) is 12. The molecule has 0 aromatic heterocycles. The van der Waals surface area contributed by atoms with E-state index in [0.29, 0.717) is 145 Å². The fourth-order valence-corrected chi connectivity index (χ4v) is 2.74. The first-order valence-electron chi connectivity index (χ1n) is 14.4. The largest absolute Gasteiger partial charge is 0.379 e. The van der Waals surface area contributed by atoms with Crippen LogP contribution in [0.1, 0.15) is 19.8 Å². The molecule has 0 aromatic carbocycles. The van der Waals surface area contributed by atoms with Gasteiger partial charge in [0.25, 0.3) is 0 Å². The van der Waals surface area contributed by atoms with Crippen molar-refractivity contribution in [3.63, 3.8) is 0 Å². The summed E-state index contributed by atoms with van der Waals surface area (Å²) in [5, 5.41) is 2.54. The molecule has 0 fully saturated rings. The standard InChI is InChI=1S/C27H55NO12/c1-3-5-30-7-9-32-11-13-34-15-17-36-19-21-38-23-25-40-26-24-39-22-20-37-18-16-35-14-12-33-10-8-31-6-4-27(29)28-2/h3-26H2,1-2H3,(H,28,29). The number of carbonyl (C=O) groups excluding carboxylic acids is 1. The highest BCUT2D eigenvalue weighted by Gasteiger charge is 1.98. The maximum Gasteiger partial charge on any atom is 0.222 e. The first-order chi connectivity index (χ1) is 19.8. The molecule has 1 N–H and O–H groups in total. The Morgan fingerprint density at radius 3 is 0.775 bits per heavy atom. The Hall–Kier alpha value is -0.970. The second-order valence-electron chi connectivity index (χ2n) is 8.16. The molecule has 1 amide bonds. The van der Waals surface area contributed by atoms with Gasteiger partial charge < -0.3 is 57.4 Å². The van der Waals surface area contributed by atoms with Gasteiger partial charge in [0, 0.05) is 20.1 Å². The van der Waals surface area contributed by atoms with Crippen LogP contribution in [0.2, 0.25) is 0 Å². The fraction of sp³-hybridized carbons (Fsp3) is 0.963. The summed E-state index contributed by atoms with van der Waals surface area (Å²) < 4.78 is 59.5. The van der Waals surface area contributed by atoms with E-state index in [1.165, 1.54) is 0 Å². The van der Waals surface area contributed by atoms with E-state index >= 15 is 0 Å². The molecule has 0 unspecified atom stereocenters. The molecule has 240 valence electrons. The molecule has 0 saturated carbocycles. The molecule has 0 aliphatic carbocycles. The van der Waals surface area contributed by atoms with Crippen LogP contribution >= 0.6 is 0 Å². The Balaban J connectivity index is 3.04. The zero-order chi connectivity index (χ0) is 29.0. The number of amides is 1. The van der Waals surface area contributed by atoms with Crippen molar-refractivity contribution in [1.29, 1.82) is 0 Å². The van der Waals surface area contributed by atoms with E-state index < -0.39 is 0 Å². The highest BCUT2D eigenvalue weighted by Crippen LogP contribution is 1.88. The molecular weight excluding hydrogens is 530 g/mol. The molecule has 13 heteroatoms. The minimum atomic E-state index is -0.0341. The van der Waals surface area contributed by atoms with E-state index in [0.717, 1.165) is 13.0 Å². The smallest absolute Gasteiger partial charge is 0.222 e. The van der Waals surface area contributed by atoms with Crippen molar-refractivity contribution in [2.24, 2.45) is 0 Å². The summed E-state index contributed by atoms with van der Waals surface area (Å²) in [4.78, 5) is 11.0. The maximum atomic E-state index is 11.0. The van der Waals surface area contributed by atoms with Crippen LogP contribution in [0.15, 0.2) is 0 Å². The SMILES string of the molecule is CCCOCCOCCOCCOCCOCCOCCOCCOCCOCCOCCOCCC(=O)NC. The lowest BCUT2D eigenvalue weighted by molar-refractivity contribution is -0.121. The molecule has 0 bridgehead atoms. The van der Waals surface area contributed by atoms with E-state index in [9.17, 15) is 4.79 Å². The number of rotatable bonds is 35. The molecule has 0 heterocycles. The molecular formula is C27H55NO12. The highest BCUT2D eigenvalue weighted by atomic mass is 16.6. The van der Waals surface area contributed by atoms with Crippen molar-refractivity contribution in [2.75, 3.05) is 152 Å². The average Bonchev–Trinajstić information content (AvgIpc) is 2.97. The van der Waals surface area contributed by atoms with Crippen molar-refractivity contribution in [2.45, 2.75) is 19.8 Å². The van der Waals surface area contributed by atoms with Gasteiger partial charge in [-0.25, -0.2) is 0 Å². The Morgan fingerprint density at radius 2 is 0.575 bits per heavy atom. The third-order valence-electron chi connectivity index (χ3n) is 4.82. The summed E-state index contributed by atoms with van der Waals surface area (Å²) in [5.74, 6) is -0.0341. The summed E-state index contributed by atoms with van der Waals surface area (Å²) in [6, 6.07) is 0. The van der Waals surface area contributed by atoms with Gasteiger partial charge in [-0.15, -0.1) is 0 Å². The Kier molecular flexibility index (Phi) is 35.2. The summed E-state index contributed by atoms with van der Waals surface area (Å²) in [6.07, 6.45) is 1.38. The molecule has 40 heavy (non-hydrogen) atoms. The molecule has 0 atom stereocenters. The quantitative estimate of drug-likeness (QED) is 0.105. The number of nitrogens with one attached hydrogen (secondary N) is 1. The fourth-order valence-electron chi connectivity index (χ4n) is 2.74. The van der Waals surface area contributed by atoms with Crippen molar-refractivity contribution in [3.8, 4) is 0 Å². The molecule has 0 spiro atoms. The van der Waals surface area contributed by atoms with Gasteiger partial charge in [-0.3, -0.25) is 4.79 Å². The third kappa shape index (κ3) is 35.1. The third-order valence-corrected chi connectivity index (χ3v) is 4.82. The average molecular weight is 586 g/mol. The van der Waals surface area contributed by atoms with Crippen LogP contribution in [0.4, 0.5) is 0 Å². The maximum absolute atomic E-state index is 11.0. The molecule has 0 aliphatic heterocycles. The van der Waals surface area contributed by atoms with Crippen molar-refractivity contribution in [3.05, 3.63) is 0 Å². The number of ether oxygens (including phenoxy) is 11. The second-order valence-corrected chi connectivity index (χ2v) is 8.16. The van der Waals surface area contributed by atoms with E-state index in [1.54, 1.807) is 7.05 Å². The molecule has 0 aromatic rings. The van der Waals surface area contributed by atoms with E-state index in [2.05, 4.69) is 12.2 Å². The van der Waals surface area contributed by atoms with Gasteiger partial charge in [0.2, 0.25) is 5.91 Å². The van der Waals surface area contributed by atoms with Crippen LogP contribution in [-0.4, -0.2) is 158 Å². The first-order valence-corrected chi connectivity index (χ1v) is 14.4. The van der Waals surface area contributed by atoms with Gasteiger partial charge in [0.05, 0.1) is 139 Å². The lowest BCUT2D eigenvalue weighted by Crippen LogP contribution is -2.20. The van der Waals surface area contributed by atoms with Crippen molar-refractivity contribution < 1.29 is 56.9 Å². The van der Waals surface area contributed by atoms with Gasteiger partial charge in [0.1, 0.15) is 0 Å². The van der Waals surface area contributed by atoms with E-state index in [-0.39, 0.29) is 5.91 Å². The molecule has 0 rings (SSSR count). The van der Waals surface area contributed by atoms with Gasteiger partial charge in [-0.1, -0.05) is 6.92 Å². The highest BCUT2D eigenvalue weighted by molar-refractivity contribution is 5.75. The Bertz CT molecular complexity index is 490. The summed E-state index contributed by atoms with van der Waals surface area (Å²) >= 11 is 0. The van der Waals surface area contributed by atoms with E-state index in [1.807, 2.05) is 0 Å². The Labute approximate surface area is 240 Å². The molecule has 0 radical (unpaired) electrons. The van der Waals surface area contributed by atoms with Gasteiger partial charge in [-0.2, -0.15) is 0 Å². The summed E-state index contributed by atoms with van der Waals surface area (Å²) in [6.45, 7) is 13.7. The zero-order valence-corrected chi connectivity index (χ0v) is 24.9. The van der Waals surface area contributed by atoms with Gasteiger partial charge >= 0.3 is 0 Å². The molecule has 0 saturated heterocycles. The van der Waals surface area contributed by atoms with Crippen LogP contribution < -0.4 is 5.32 Å². The predicted molar refractivity (Wildman–Crippen MR) is 148 cm³/mol. The van der Waals surface area contributed by atoms with Gasteiger partial charge in [0.15, 0.2) is 0 Å². The normalized spacial score (nSPS) is 11.3. The lowest BCUT2D eigenvalue weighted by atomic mass is 10.4. The van der Waals surface area contributed by atoms with Crippen molar-refractivity contribution in [1.82, 2.24) is 5.32 Å². The number of carbonyl (C=O) groups is 1. The van der Waals surface area contributed by atoms with Crippen LogP contribution in [0.5, 0.6) is 0 Å². The van der Waals surface area contributed by atoms with Crippen LogP contribution in [0.3, 0.4) is 0 Å². The van der Waals surface area contributed by atoms with Gasteiger partial charge in [-0.05, 0) is 6.42 Å². The zero-order valence-electron chi connectivity index (χ0n) is 24.9. The second kappa shape index (κ2) is 36.1. The summed E-state index contributed by atoms with van der Waals surface area (Å²) in [7, 11) is 1.60. The van der Waals surface area contributed by atoms with Crippen molar-refractivity contribution >= 4 is 5.91 Å². The Morgan fingerprint density at radius 1 is 0.375 bits per heavy atom. The molecule has 0 aliphatic rings. The number of hydrogen-bond donors (Lipinski definition) is 1. The molecule has 13 nitrogen and oxygen atoms in total. The van der Waals surface area contributed by atoms with Crippen LogP contribution in [-0.2, 0) is 56.9 Å².